The number of hydrogen-bond donors (Lipinski definition) is 0. The molecule has 2 aromatic carbocycles. The van der Waals surface area contributed by atoms with E-state index < -0.39 is 23.3 Å². The molecule has 0 aromatic heterocycles. The van der Waals surface area contributed by atoms with Crippen LogP contribution in [0.15, 0.2) is 60.3 Å². The van der Waals surface area contributed by atoms with Gasteiger partial charge in [-0.25, -0.2) is 17.6 Å². The molecule has 2 saturated heterocycles. The van der Waals surface area contributed by atoms with Crippen LogP contribution in [0.2, 0.25) is 0 Å². The summed E-state index contributed by atoms with van der Waals surface area (Å²) in [5, 5.41) is 0. The number of rotatable bonds is 6. The summed E-state index contributed by atoms with van der Waals surface area (Å²) in [4.78, 5) is 19.4. The van der Waals surface area contributed by atoms with Crippen LogP contribution in [0.25, 0.3) is 0 Å². The number of benzene rings is 2. The summed E-state index contributed by atoms with van der Waals surface area (Å²) in [6.45, 7) is 3.92. The lowest BCUT2D eigenvalue weighted by Crippen LogP contribution is -2.45. The highest BCUT2D eigenvalue weighted by molar-refractivity contribution is 5.96. The summed E-state index contributed by atoms with van der Waals surface area (Å²) in [6.07, 6.45) is 8.69. The zero-order chi connectivity index (χ0) is 26.6. The zero-order valence-corrected chi connectivity index (χ0v) is 21.1. The van der Waals surface area contributed by atoms with Gasteiger partial charge in [0.25, 0.3) is 5.91 Å². The van der Waals surface area contributed by atoms with Crippen molar-refractivity contribution in [2.24, 2.45) is 0 Å². The first-order chi connectivity index (χ1) is 18.3. The molecule has 3 heterocycles. The molecule has 0 radical (unpaired) electrons. The van der Waals surface area contributed by atoms with E-state index >= 15 is 0 Å². The Morgan fingerprint density at radius 3 is 2.26 bits per heavy atom. The Morgan fingerprint density at radius 1 is 0.868 bits per heavy atom. The first-order valence-corrected chi connectivity index (χ1v) is 13.1. The fourth-order valence-corrected chi connectivity index (χ4v) is 5.43. The first-order valence-electron chi connectivity index (χ1n) is 13.1. The van der Waals surface area contributed by atoms with Gasteiger partial charge in [0.1, 0.15) is 23.5 Å². The standard InChI is InChI=1S/C29H31F4N3O2/c30-22-14-20(15-23(31)16-22)18-34-10-5-24(6-11-34)36-9-1-2-21(19-36)29(37)35-12-7-25(8-13-35)38-26-3-4-27(32)28(33)17-26/h1-4,14-17,19,24-25H,5-13,18H2. The number of hydrogen-bond acceptors (Lipinski definition) is 4. The SMILES string of the molecule is O=C(C1=CN(C2CCN(Cc3cc(F)cc(F)c3)CC2)CC=C1)N1CCC(Oc2ccc(F)c(F)c2)CC1. The number of amides is 1. The zero-order valence-electron chi connectivity index (χ0n) is 21.1. The third-order valence-electron chi connectivity index (χ3n) is 7.44. The topological polar surface area (TPSA) is 36.0 Å². The van der Waals surface area contributed by atoms with Gasteiger partial charge in [0, 0.05) is 76.5 Å². The predicted octanol–water partition coefficient (Wildman–Crippen LogP) is 5.03. The van der Waals surface area contributed by atoms with Crippen LogP contribution < -0.4 is 4.74 Å². The third-order valence-corrected chi connectivity index (χ3v) is 7.44. The average Bonchev–Trinajstić information content (AvgIpc) is 2.91. The Hall–Kier alpha value is -3.33. The number of carbonyl (C=O) groups is 1. The van der Waals surface area contributed by atoms with Gasteiger partial charge in [0.15, 0.2) is 11.6 Å². The molecular weight excluding hydrogens is 498 g/mol. The molecule has 202 valence electrons. The second-order valence-electron chi connectivity index (χ2n) is 10.2. The molecule has 9 heteroatoms. The largest absolute Gasteiger partial charge is 0.490 e. The fraction of sp³-hybridized carbons (Fsp3) is 0.414. The summed E-state index contributed by atoms with van der Waals surface area (Å²) in [6, 6.07) is 7.44. The number of ether oxygens (including phenoxy) is 1. The monoisotopic (exact) mass is 529 g/mol. The Kier molecular flexibility index (Phi) is 8.02. The molecule has 5 rings (SSSR count). The van der Waals surface area contributed by atoms with Gasteiger partial charge in [-0.15, -0.1) is 0 Å². The van der Waals surface area contributed by atoms with E-state index in [1.54, 1.807) is 0 Å². The van der Waals surface area contributed by atoms with Crippen molar-refractivity contribution in [3.63, 3.8) is 0 Å². The normalized spacial score (nSPS) is 19.5. The second kappa shape index (κ2) is 11.6. The highest BCUT2D eigenvalue weighted by Gasteiger charge is 2.28. The molecule has 1 amide bonds. The number of halogens is 4. The van der Waals surface area contributed by atoms with Crippen molar-refractivity contribution in [3.8, 4) is 5.75 Å². The van der Waals surface area contributed by atoms with E-state index in [0.717, 1.165) is 50.7 Å². The van der Waals surface area contributed by atoms with E-state index in [9.17, 15) is 22.4 Å². The molecular formula is C29H31F4N3O2. The number of piperidine rings is 2. The van der Waals surface area contributed by atoms with Crippen molar-refractivity contribution in [1.29, 1.82) is 0 Å². The number of likely N-dealkylation sites (tertiary alicyclic amines) is 2. The van der Waals surface area contributed by atoms with Crippen LogP contribution in [0.1, 0.15) is 31.2 Å². The minimum atomic E-state index is -0.941. The van der Waals surface area contributed by atoms with Crippen LogP contribution in [0.3, 0.4) is 0 Å². The highest BCUT2D eigenvalue weighted by Crippen LogP contribution is 2.25. The molecule has 0 bridgehead atoms. The van der Waals surface area contributed by atoms with E-state index in [-0.39, 0.29) is 17.8 Å². The molecule has 5 nitrogen and oxygen atoms in total. The lowest BCUT2D eigenvalue weighted by atomic mass is 10.0. The molecule has 0 spiro atoms. The van der Waals surface area contributed by atoms with Crippen molar-refractivity contribution in [2.45, 2.75) is 44.4 Å². The Bertz CT molecular complexity index is 1200. The van der Waals surface area contributed by atoms with Gasteiger partial charge < -0.3 is 14.5 Å². The van der Waals surface area contributed by atoms with E-state index in [0.29, 0.717) is 49.7 Å². The summed E-state index contributed by atoms with van der Waals surface area (Å²) < 4.78 is 59.4. The molecule has 38 heavy (non-hydrogen) atoms. The minimum absolute atomic E-state index is 0.0252. The molecule has 2 fully saturated rings. The van der Waals surface area contributed by atoms with Gasteiger partial charge in [0.05, 0.1) is 5.57 Å². The summed E-state index contributed by atoms with van der Waals surface area (Å²) in [5.41, 5.74) is 1.28. The van der Waals surface area contributed by atoms with Crippen LogP contribution >= 0.6 is 0 Å². The van der Waals surface area contributed by atoms with E-state index in [4.69, 9.17) is 4.74 Å². The molecule has 0 saturated carbocycles. The van der Waals surface area contributed by atoms with Crippen LogP contribution in [0.5, 0.6) is 5.75 Å². The van der Waals surface area contributed by atoms with E-state index in [1.165, 1.54) is 18.2 Å². The number of nitrogens with zero attached hydrogens (tertiary/aromatic N) is 3. The molecule has 0 N–H and O–H groups in total. The van der Waals surface area contributed by atoms with Gasteiger partial charge in [0.2, 0.25) is 0 Å². The van der Waals surface area contributed by atoms with Gasteiger partial charge in [-0.2, -0.15) is 0 Å². The van der Waals surface area contributed by atoms with Gasteiger partial charge in [-0.05, 0) is 42.7 Å². The van der Waals surface area contributed by atoms with Crippen LogP contribution in [-0.4, -0.2) is 65.5 Å². The predicted molar refractivity (Wildman–Crippen MR) is 135 cm³/mol. The summed E-state index contributed by atoms with van der Waals surface area (Å²) in [5.74, 6) is -2.70. The lowest BCUT2D eigenvalue weighted by molar-refractivity contribution is -0.128. The molecule has 2 aromatic rings. The lowest BCUT2D eigenvalue weighted by Gasteiger charge is -2.39. The van der Waals surface area contributed by atoms with Gasteiger partial charge in [-0.3, -0.25) is 9.69 Å². The minimum Gasteiger partial charge on any atom is -0.490 e. The van der Waals surface area contributed by atoms with Crippen molar-refractivity contribution in [1.82, 2.24) is 14.7 Å². The van der Waals surface area contributed by atoms with Gasteiger partial charge >= 0.3 is 0 Å². The highest BCUT2D eigenvalue weighted by atomic mass is 19.2. The van der Waals surface area contributed by atoms with E-state index in [1.807, 2.05) is 23.3 Å². The average molecular weight is 530 g/mol. The van der Waals surface area contributed by atoms with Gasteiger partial charge in [-0.1, -0.05) is 12.2 Å². The maximum Gasteiger partial charge on any atom is 0.255 e. The first kappa shape index (κ1) is 26.3. The summed E-state index contributed by atoms with van der Waals surface area (Å²) in [7, 11) is 0. The second-order valence-corrected chi connectivity index (χ2v) is 10.2. The Morgan fingerprint density at radius 2 is 1.58 bits per heavy atom. The third kappa shape index (κ3) is 6.38. The molecule has 3 aliphatic heterocycles. The van der Waals surface area contributed by atoms with E-state index in [2.05, 4.69) is 9.80 Å². The Balaban J connectivity index is 1.11. The number of carbonyl (C=O) groups excluding carboxylic acids is 1. The van der Waals surface area contributed by atoms with Crippen molar-refractivity contribution >= 4 is 5.91 Å². The van der Waals surface area contributed by atoms with Crippen molar-refractivity contribution < 1.29 is 27.1 Å². The molecule has 3 aliphatic rings. The van der Waals surface area contributed by atoms with Crippen molar-refractivity contribution in [2.75, 3.05) is 32.7 Å². The Labute approximate surface area is 220 Å². The van der Waals surface area contributed by atoms with Crippen LogP contribution in [0, 0.1) is 23.3 Å². The smallest absolute Gasteiger partial charge is 0.255 e. The van der Waals surface area contributed by atoms with Crippen LogP contribution in [0.4, 0.5) is 17.6 Å². The molecule has 0 atom stereocenters. The molecule has 0 aliphatic carbocycles. The maximum absolute atomic E-state index is 13.5. The maximum atomic E-state index is 13.5. The quantitative estimate of drug-likeness (QED) is 0.492. The fourth-order valence-electron chi connectivity index (χ4n) is 5.43. The summed E-state index contributed by atoms with van der Waals surface area (Å²) >= 11 is 0. The van der Waals surface area contributed by atoms with Crippen molar-refractivity contribution in [3.05, 3.63) is 89.2 Å². The van der Waals surface area contributed by atoms with Crippen LogP contribution in [-0.2, 0) is 11.3 Å². The molecule has 0 unspecified atom stereocenters.